The van der Waals surface area contributed by atoms with Crippen LogP contribution in [0.25, 0.3) is 0 Å². The van der Waals surface area contributed by atoms with Gasteiger partial charge in [-0.3, -0.25) is 0 Å². The summed E-state index contributed by atoms with van der Waals surface area (Å²) in [5, 5.41) is -0.134. The molecule has 2 rings (SSSR count). The van der Waals surface area contributed by atoms with Crippen molar-refractivity contribution in [2.45, 2.75) is 32.3 Å². The predicted octanol–water partition coefficient (Wildman–Crippen LogP) is 5.93. The normalized spacial score (nSPS) is 12.7. The second kappa shape index (κ2) is 6.29. The van der Waals surface area contributed by atoms with Gasteiger partial charge in [-0.2, -0.15) is 0 Å². The lowest BCUT2D eigenvalue weighted by molar-refractivity contribution is 0.242. The van der Waals surface area contributed by atoms with Crippen molar-refractivity contribution in [2.24, 2.45) is 0 Å². The third-order valence-electron chi connectivity index (χ3n) is 2.65. The monoisotopic (exact) mass is 358 g/mol. The lowest BCUT2D eigenvalue weighted by atomic mass is 10.1. The third kappa shape index (κ3) is 3.74. The molecule has 0 bridgehead atoms. The highest BCUT2D eigenvalue weighted by Crippen LogP contribution is 2.38. The van der Waals surface area contributed by atoms with Crippen LogP contribution in [0.2, 0.25) is 0 Å². The third-order valence-corrected chi connectivity index (χ3v) is 5.47. The molecule has 0 saturated carbocycles. The number of halogens is 2. The van der Waals surface area contributed by atoms with Crippen molar-refractivity contribution >= 4 is 38.9 Å². The summed E-state index contributed by atoms with van der Waals surface area (Å²) in [5.74, 6) is 0.866. The fourth-order valence-corrected chi connectivity index (χ4v) is 3.69. The van der Waals surface area contributed by atoms with Crippen LogP contribution in [0.4, 0.5) is 0 Å². The summed E-state index contributed by atoms with van der Waals surface area (Å²) in [7, 11) is 0. The highest BCUT2D eigenvalue weighted by atomic mass is 79.9. The van der Waals surface area contributed by atoms with Gasteiger partial charge < -0.3 is 4.74 Å². The maximum Gasteiger partial charge on any atom is 0.120 e. The van der Waals surface area contributed by atoms with E-state index < -0.39 is 0 Å². The topological polar surface area (TPSA) is 9.23 Å². The first-order chi connectivity index (χ1) is 8.97. The zero-order valence-electron chi connectivity index (χ0n) is 11.1. The highest BCUT2D eigenvalue weighted by Gasteiger charge is 2.15. The Morgan fingerprint density at radius 3 is 2.58 bits per heavy atom. The van der Waals surface area contributed by atoms with Gasteiger partial charge in [-0.1, -0.05) is 12.1 Å². The van der Waals surface area contributed by atoms with Crippen LogP contribution in [0, 0.1) is 6.92 Å². The first-order valence-corrected chi connectivity index (χ1v) is 8.18. The second-order valence-electron chi connectivity index (χ2n) is 4.65. The number of hydrogen-bond donors (Lipinski definition) is 0. The molecular formula is C15H16BrClOS. The summed E-state index contributed by atoms with van der Waals surface area (Å²) in [6.07, 6.45) is 0.169. The molecule has 1 nitrogen and oxygen atoms in total. The zero-order valence-corrected chi connectivity index (χ0v) is 14.3. The van der Waals surface area contributed by atoms with Crippen LogP contribution in [-0.4, -0.2) is 6.10 Å². The molecule has 0 saturated heterocycles. The molecular weight excluding hydrogens is 344 g/mol. The molecule has 0 fully saturated rings. The molecule has 0 aliphatic rings. The van der Waals surface area contributed by atoms with Crippen molar-refractivity contribution in [3.8, 4) is 5.75 Å². The van der Waals surface area contributed by atoms with E-state index >= 15 is 0 Å². The van der Waals surface area contributed by atoms with Gasteiger partial charge in [0.1, 0.15) is 5.75 Å². The molecule has 0 amide bonds. The minimum Gasteiger partial charge on any atom is -0.491 e. The number of benzene rings is 1. The summed E-state index contributed by atoms with van der Waals surface area (Å²) in [6.45, 7) is 6.12. The summed E-state index contributed by atoms with van der Waals surface area (Å²) in [4.78, 5) is 2.39. The van der Waals surface area contributed by atoms with Gasteiger partial charge in [0.05, 0.1) is 11.5 Å². The van der Waals surface area contributed by atoms with E-state index in [0.717, 1.165) is 20.7 Å². The van der Waals surface area contributed by atoms with Gasteiger partial charge in [0.25, 0.3) is 0 Å². The minimum atomic E-state index is -0.134. The largest absolute Gasteiger partial charge is 0.491 e. The van der Waals surface area contributed by atoms with E-state index in [2.05, 4.69) is 28.9 Å². The van der Waals surface area contributed by atoms with E-state index in [0.29, 0.717) is 0 Å². The van der Waals surface area contributed by atoms with Crippen molar-refractivity contribution in [3.63, 3.8) is 0 Å². The van der Waals surface area contributed by atoms with Crippen molar-refractivity contribution in [1.82, 2.24) is 0 Å². The molecule has 102 valence electrons. The van der Waals surface area contributed by atoms with Gasteiger partial charge >= 0.3 is 0 Å². The Kier molecular flexibility index (Phi) is 4.93. The number of rotatable bonds is 4. The predicted molar refractivity (Wildman–Crippen MR) is 86.7 cm³/mol. The standard InChI is InChI=1S/C15H16BrClOS/c1-9(2)18-12-6-4-5-11(7-12)15(17)14-8-13(16)10(3)19-14/h4-9,15H,1-3H3. The van der Waals surface area contributed by atoms with Crippen molar-refractivity contribution in [1.29, 1.82) is 0 Å². The molecule has 4 heteroatoms. The smallest absolute Gasteiger partial charge is 0.120 e. The van der Waals surface area contributed by atoms with Crippen LogP contribution < -0.4 is 4.74 Å². The van der Waals surface area contributed by atoms with Gasteiger partial charge in [-0.05, 0) is 60.5 Å². The van der Waals surface area contributed by atoms with Crippen molar-refractivity contribution in [3.05, 3.63) is 50.1 Å². The Morgan fingerprint density at radius 2 is 2.00 bits per heavy atom. The molecule has 1 unspecified atom stereocenters. The quantitative estimate of drug-likeness (QED) is 0.614. The molecule has 1 aromatic carbocycles. The Balaban J connectivity index is 2.25. The Morgan fingerprint density at radius 1 is 1.26 bits per heavy atom. The Labute approximate surface area is 131 Å². The zero-order chi connectivity index (χ0) is 14.0. The summed E-state index contributed by atoms with van der Waals surface area (Å²) >= 11 is 11.8. The van der Waals surface area contributed by atoms with Gasteiger partial charge in [-0.15, -0.1) is 22.9 Å². The van der Waals surface area contributed by atoms with E-state index in [9.17, 15) is 0 Å². The van der Waals surface area contributed by atoms with Crippen LogP contribution in [0.1, 0.15) is 34.5 Å². The average molecular weight is 360 g/mol. The van der Waals surface area contributed by atoms with Gasteiger partial charge in [0, 0.05) is 14.2 Å². The van der Waals surface area contributed by atoms with Crippen LogP contribution in [-0.2, 0) is 0 Å². The minimum absolute atomic E-state index is 0.134. The number of aryl methyl sites for hydroxylation is 1. The lowest BCUT2D eigenvalue weighted by Gasteiger charge is -2.13. The number of ether oxygens (including phenoxy) is 1. The second-order valence-corrected chi connectivity index (χ2v) is 7.23. The van der Waals surface area contributed by atoms with Gasteiger partial charge in [-0.25, -0.2) is 0 Å². The first-order valence-electron chi connectivity index (χ1n) is 6.14. The molecule has 19 heavy (non-hydrogen) atoms. The molecule has 1 atom stereocenters. The maximum atomic E-state index is 6.56. The fraction of sp³-hybridized carbons (Fsp3) is 0.333. The van der Waals surface area contributed by atoms with Crippen LogP contribution in [0.5, 0.6) is 5.75 Å². The van der Waals surface area contributed by atoms with Crippen LogP contribution in [0.15, 0.2) is 34.8 Å². The molecule has 1 aromatic heterocycles. The van der Waals surface area contributed by atoms with Crippen LogP contribution in [0.3, 0.4) is 0 Å². The molecule has 0 spiro atoms. The number of alkyl halides is 1. The molecule has 0 aliphatic heterocycles. The van der Waals surface area contributed by atoms with E-state index in [1.54, 1.807) is 11.3 Å². The summed E-state index contributed by atoms with van der Waals surface area (Å²) < 4.78 is 6.82. The van der Waals surface area contributed by atoms with Gasteiger partial charge in [0.2, 0.25) is 0 Å². The molecule has 1 heterocycles. The fourth-order valence-electron chi connectivity index (χ4n) is 1.79. The molecule has 0 N–H and O–H groups in total. The van der Waals surface area contributed by atoms with E-state index in [1.165, 1.54) is 4.88 Å². The maximum absolute atomic E-state index is 6.56. The van der Waals surface area contributed by atoms with E-state index in [4.69, 9.17) is 16.3 Å². The molecule has 0 radical (unpaired) electrons. The van der Waals surface area contributed by atoms with E-state index in [1.807, 2.05) is 38.1 Å². The summed E-state index contributed by atoms with van der Waals surface area (Å²) in [5.41, 5.74) is 1.06. The first kappa shape index (κ1) is 14.9. The molecule has 0 aliphatic carbocycles. The SMILES string of the molecule is Cc1sc(C(Cl)c2cccc(OC(C)C)c2)cc1Br. The molecule has 2 aromatic rings. The lowest BCUT2D eigenvalue weighted by Crippen LogP contribution is -2.05. The van der Waals surface area contributed by atoms with Gasteiger partial charge in [0.15, 0.2) is 0 Å². The Bertz CT molecular complexity index is 546. The van der Waals surface area contributed by atoms with Crippen molar-refractivity contribution < 1.29 is 4.74 Å². The van der Waals surface area contributed by atoms with E-state index in [-0.39, 0.29) is 11.5 Å². The highest BCUT2D eigenvalue weighted by molar-refractivity contribution is 9.10. The van der Waals surface area contributed by atoms with Crippen LogP contribution >= 0.6 is 38.9 Å². The number of hydrogen-bond acceptors (Lipinski definition) is 2. The summed E-state index contributed by atoms with van der Waals surface area (Å²) in [6, 6.07) is 10.1. The average Bonchev–Trinajstić information content (AvgIpc) is 2.68. The Hall–Kier alpha value is -0.510. The number of thiophene rings is 1. The van der Waals surface area contributed by atoms with Crippen molar-refractivity contribution in [2.75, 3.05) is 0 Å².